The van der Waals surface area contributed by atoms with E-state index in [9.17, 15) is 29.7 Å². The number of carbonyl (C=O) groups is 3. The van der Waals surface area contributed by atoms with Crippen molar-refractivity contribution < 1.29 is 48.3 Å². The minimum Gasteiger partial charge on any atom is -0.456 e. The van der Waals surface area contributed by atoms with Gasteiger partial charge in [0.05, 0.1) is 29.8 Å². The summed E-state index contributed by atoms with van der Waals surface area (Å²) in [6, 6.07) is 10.9. The predicted molar refractivity (Wildman–Crippen MR) is 178 cm³/mol. The number of fused-ring (bicyclic) bond motifs is 1. The van der Waals surface area contributed by atoms with Gasteiger partial charge < -0.3 is 34.0 Å². The Bertz CT molecular complexity index is 1360. The number of benzene rings is 1. The molecule has 0 spiro atoms. The molecule has 0 amide bonds. The SMILES string of the molecule is CC[Si](CC)(CC)O[C@H]1C[C@H]2OC[C@@]2(OC(C)=O)C[C@]1(C)C(=O)[C@H](O)C1=C(C)[C@@H](O)C[C@@](O)([C@H](C)OC(=O)c2ccccc2)C1(C)C. The molecule has 2 fully saturated rings. The van der Waals surface area contributed by atoms with E-state index in [-0.39, 0.29) is 25.0 Å². The maximum absolute atomic E-state index is 14.9. The molecule has 262 valence electrons. The average Bonchev–Trinajstić information content (AvgIpc) is 3.02. The van der Waals surface area contributed by atoms with Gasteiger partial charge in [-0.3, -0.25) is 9.59 Å². The summed E-state index contributed by atoms with van der Waals surface area (Å²) in [6.07, 6.45) is -4.89. The van der Waals surface area contributed by atoms with Crippen LogP contribution < -0.4 is 0 Å². The van der Waals surface area contributed by atoms with E-state index in [0.717, 1.165) is 18.1 Å². The lowest BCUT2D eigenvalue weighted by molar-refractivity contribution is -0.290. The molecule has 0 unspecified atom stereocenters. The highest BCUT2D eigenvalue weighted by molar-refractivity contribution is 6.73. The van der Waals surface area contributed by atoms with E-state index >= 15 is 0 Å². The Morgan fingerprint density at radius 2 is 1.66 bits per heavy atom. The van der Waals surface area contributed by atoms with Crippen LogP contribution in [-0.2, 0) is 28.2 Å². The van der Waals surface area contributed by atoms with Gasteiger partial charge in [0, 0.05) is 31.6 Å². The summed E-state index contributed by atoms with van der Waals surface area (Å²) in [5, 5.41) is 35.7. The van der Waals surface area contributed by atoms with Crippen molar-refractivity contribution in [3.8, 4) is 0 Å². The van der Waals surface area contributed by atoms with E-state index in [1.807, 2.05) is 0 Å². The van der Waals surface area contributed by atoms with Gasteiger partial charge in [0.25, 0.3) is 0 Å². The normalized spacial score (nSPS) is 33.2. The third kappa shape index (κ3) is 6.39. The molecule has 3 N–H and O–H groups in total. The highest BCUT2D eigenvalue weighted by Gasteiger charge is 2.66. The van der Waals surface area contributed by atoms with Gasteiger partial charge in [-0.1, -0.05) is 52.8 Å². The van der Waals surface area contributed by atoms with Gasteiger partial charge in [-0.2, -0.15) is 0 Å². The van der Waals surface area contributed by atoms with Gasteiger partial charge in [0.2, 0.25) is 0 Å². The minimum atomic E-state index is -2.27. The molecule has 1 aliphatic heterocycles. The van der Waals surface area contributed by atoms with E-state index in [2.05, 4.69) is 20.8 Å². The lowest BCUT2D eigenvalue weighted by atomic mass is 9.55. The molecule has 0 aromatic heterocycles. The Labute approximate surface area is 279 Å². The number of esters is 2. The number of Topliss-reactive ketones (excluding diaryl/α,β-unsaturated/α-hetero) is 1. The van der Waals surface area contributed by atoms with Crippen LogP contribution in [0.25, 0.3) is 0 Å². The number of ether oxygens (including phenoxy) is 3. The highest BCUT2D eigenvalue weighted by atomic mass is 28.4. The molecule has 0 bridgehead atoms. The van der Waals surface area contributed by atoms with Crippen molar-refractivity contribution >= 4 is 26.0 Å². The van der Waals surface area contributed by atoms with Crippen LogP contribution in [-0.4, -0.2) is 89.7 Å². The molecular formula is C36H54O10Si. The second-order valence-corrected chi connectivity index (χ2v) is 19.4. The van der Waals surface area contributed by atoms with Gasteiger partial charge in [0.15, 0.2) is 19.7 Å². The van der Waals surface area contributed by atoms with Gasteiger partial charge in [0.1, 0.15) is 23.9 Å². The number of carbonyl (C=O) groups excluding carboxylic acids is 3. The summed E-state index contributed by atoms with van der Waals surface area (Å²) in [5.74, 6) is -1.66. The third-order valence-corrected chi connectivity index (χ3v) is 16.5. The Hall–Kier alpha value is -2.41. The third-order valence-electron chi connectivity index (χ3n) is 11.8. The van der Waals surface area contributed by atoms with Crippen molar-refractivity contribution in [3.63, 3.8) is 0 Å². The Morgan fingerprint density at radius 3 is 2.17 bits per heavy atom. The topological polar surface area (TPSA) is 149 Å². The predicted octanol–water partition coefficient (Wildman–Crippen LogP) is 4.89. The number of hydrogen-bond donors (Lipinski definition) is 3. The molecular weight excluding hydrogens is 620 g/mol. The quantitative estimate of drug-likeness (QED) is 0.159. The van der Waals surface area contributed by atoms with Crippen molar-refractivity contribution in [2.75, 3.05) is 6.61 Å². The molecule has 1 heterocycles. The summed E-state index contributed by atoms with van der Waals surface area (Å²) < 4.78 is 24.5. The van der Waals surface area contributed by atoms with Crippen LogP contribution in [0.1, 0.15) is 91.9 Å². The first-order valence-corrected chi connectivity index (χ1v) is 19.5. The van der Waals surface area contributed by atoms with E-state index in [1.165, 1.54) is 6.92 Å². The van der Waals surface area contributed by atoms with Crippen LogP contribution in [0, 0.1) is 10.8 Å². The molecule has 47 heavy (non-hydrogen) atoms. The lowest BCUT2D eigenvalue weighted by Gasteiger charge is -2.59. The molecule has 10 nitrogen and oxygen atoms in total. The first-order chi connectivity index (χ1) is 21.9. The van der Waals surface area contributed by atoms with Crippen LogP contribution in [0.5, 0.6) is 0 Å². The fraction of sp³-hybridized carbons (Fsp3) is 0.694. The van der Waals surface area contributed by atoms with Crippen molar-refractivity contribution in [1.82, 2.24) is 0 Å². The first kappa shape index (κ1) is 37.4. The Balaban J connectivity index is 1.73. The summed E-state index contributed by atoms with van der Waals surface area (Å²) in [4.78, 5) is 40.1. The summed E-state index contributed by atoms with van der Waals surface area (Å²) in [5.41, 5.74) is -4.66. The number of rotatable bonds is 12. The Kier molecular flexibility index (Phi) is 10.7. The number of aliphatic hydroxyl groups is 3. The maximum atomic E-state index is 14.9. The summed E-state index contributed by atoms with van der Waals surface area (Å²) >= 11 is 0. The zero-order valence-corrected chi connectivity index (χ0v) is 30.4. The van der Waals surface area contributed by atoms with E-state index in [0.29, 0.717) is 17.6 Å². The largest absolute Gasteiger partial charge is 0.456 e. The molecule has 1 aromatic carbocycles. The number of ketones is 1. The maximum Gasteiger partial charge on any atom is 0.338 e. The standard InChI is InChI=1S/C36H54O10Si/c1-10-47(11-2,12-3)46-27-18-28-35(21-43-28,45-24(6)37)20-34(27,9)31(40)30(39)29-22(4)26(38)19-36(42,33(29,7)8)23(5)44-32(41)25-16-14-13-15-17-25/h13-17,23,26-28,30,38-39,42H,10-12,18-21H2,1-9H3/t23-,26-,27-,28+,30+,34-,35-,36+/m0/s1. The molecule has 1 aromatic rings. The molecule has 2 aliphatic carbocycles. The van der Waals surface area contributed by atoms with Crippen LogP contribution in [0.15, 0.2) is 41.5 Å². The van der Waals surface area contributed by atoms with Crippen molar-refractivity contribution in [1.29, 1.82) is 0 Å². The van der Waals surface area contributed by atoms with E-state index < -0.39 is 78.6 Å². The van der Waals surface area contributed by atoms with Crippen LogP contribution in [0.4, 0.5) is 0 Å². The van der Waals surface area contributed by atoms with Crippen molar-refractivity contribution in [2.45, 2.75) is 141 Å². The fourth-order valence-electron chi connectivity index (χ4n) is 8.35. The minimum absolute atomic E-state index is 0.0943. The lowest BCUT2D eigenvalue weighted by Crippen LogP contribution is -2.71. The molecule has 8 atom stereocenters. The van der Waals surface area contributed by atoms with Gasteiger partial charge >= 0.3 is 11.9 Å². The average molecular weight is 675 g/mol. The molecule has 1 saturated heterocycles. The van der Waals surface area contributed by atoms with E-state index in [1.54, 1.807) is 65.0 Å². The van der Waals surface area contributed by atoms with Crippen LogP contribution in [0.2, 0.25) is 18.1 Å². The van der Waals surface area contributed by atoms with Gasteiger partial charge in [-0.05, 0) is 62.2 Å². The highest BCUT2D eigenvalue weighted by Crippen LogP contribution is 2.56. The molecule has 11 heteroatoms. The van der Waals surface area contributed by atoms with Gasteiger partial charge in [-0.15, -0.1) is 0 Å². The molecule has 0 radical (unpaired) electrons. The molecule has 4 rings (SSSR count). The summed E-state index contributed by atoms with van der Waals surface area (Å²) in [6.45, 7) is 16.1. The van der Waals surface area contributed by atoms with Crippen molar-refractivity contribution in [3.05, 3.63) is 47.0 Å². The smallest absolute Gasteiger partial charge is 0.338 e. The van der Waals surface area contributed by atoms with E-state index in [4.69, 9.17) is 18.6 Å². The number of hydrogen-bond acceptors (Lipinski definition) is 10. The van der Waals surface area contributed by atoms with Crippen molar-refractivity contribution in [2.24, 2.45) is 10.8 Å². The second-order valence-electron chi connectivity index (χ2n) is 14.7. The summed E-state index contributed by atoms with van der Waals surface area (Å²) in [7, 11) is -2.27. The Morgan fingerprint density at radius 1 is 1.06 bits per heavy atom. The molecule has 3 aliphatic rings. The van der Waals surface area contributed by atoms with Crippen LogP contribution in [0.3, 0.4) is 0 Å². The molecule has 1 saturated carbocycles. The fourth-order valence-corrected chi connectivity index (χ4v) is 11.3. The first-order valence-electron chi connectivity index (χ1n) is 17.0. The second kappa shape index (κ2) is 13.5. The monoisotopic (exact) mass is 674 g/mol. The zero-order valence-electron chi connectivity index (χ0n) is 29.4. The zero-order chi connectivity index (χ0) is 35.2. The number of aliphatic hydroxyl groups excluding tert-OH is 2. The van der Waals surface area contributed by atoms with Crippen LogP contribution >= 0.6 is 0 Å². The van der Waals surface area contributed by atoms with Gasteiger partial charge in [-0.25, -0.2) is 4.79 Å².